The van der Waals surface area contributed by atoms with Crippen molar-refractivity contribution in [2.24, 2.45) is 0 Å². The largest absolute Gasteiger partial charge is 0.390 e. The van der Waals surface area contributed by atoms with Crippen LogP contribution in [-0.4, -0.2) is 35.1 Å². The maximum Gasteiger partial charge on any atom is 0.0800 e. The lowest BCUT2D eigenvalue weighted by Crippen LogP contribution is -2.30. The Bertz CT molecular complexity index is 134. The summed E-state index contributed by atoms with van der Waals surface area (Å²) in [6, 6.07) is 0. The Balaban J connectivity index is 3.75. The number of ether oxygens (including phenoxy) is 1. The highest BCUT2D eigenvalue weighted by Gasteiger charge is 2.21. The summed E-state index contributed by atoms with van der Waals surface area (Å²) in [6.07, 6.45) is 0.693. The van der Waals surface area contributed by atoms with E-state index in [2.05, 4.69) is 0 Å². The number of rotatable bonds is 6. The summed E-state index contributed by atoms with van der Waals surface area (Å²) >= 11 is 0. The SMILES string of the molecule is CCC(O)C(O)CCC(C)(C)OC. The molecule has 0 aliphatic carbocycles. The van der Waals surface area contributed by atoms with Crippen LogP contribution in [0.5, 0.6) is 0 Å². The molecule has 0 aromatic carbocycles. The molecule has 2 N–H and O–H groups in total. The number of methoxy groups -OCH3 is 1. The van der Waals surface area contributed by atoms with E-state index in [1.54, 1.807) is 7.11 Å². The molecule has 3 heteroatoms. The Labute approximate surface area is 80.7 Å². The van der Waals surface area contributed by atoms with Crippen LogP contribution in [0.15, 0.2) is 0 Å². The van der Waals surface area contributed by atoms with E-state index in [4.69, 9.17) is 4.74 Å². The molecule has 0 aliphatic rings. The summed E-state index contributed by atoms with van der Waals surface area (Å²) in [7, 11) is 1.66. The van der Waals surface area contributed by atoms with Gasteiger partial charge >= 0.3 is 0 Å². The van der Waals surface area contributed by atoms with Crippen molar-refractivity contribution in [2.45, 2.75) is 57.8 Å². The highest BCUT2D eigenvalue weighted by Crippen LogP contribution is 2.18. The molecule has 80 valence electrons. The van der Waals surface area contributed by atoms with Crippen LogP contribution in [0, 0.1) is 0 Å². The van der Waals surface area contributed by atoms with E-state index in [9.17, 15) is 10.2 Å². The van der Waals surface area contributed by atoms with Crippen LogP contribution in [-0.2, 0) is 4.74 Å². The van der Waals surface area contributed by atoms with Crippen molar-refractivity contribution in [2.75, 3.05) is 7.11 Å². The molecule has 0 saturated carbocycles. The zero-order chi connectivity index (χ0) is 10.5. The molecular weight excluding hydrogens is 168 g/mol. The summed E-state index contributed by atoms with van der Waals surface area (Å²) in [4.78, 5) is 0. The number of aliphatic hydroxyl groups is 2. The van der Waals surface area contributed by atoms with Crippen molar-refractivity contribution >= 4 is 0 Å². The summed E-state index contributed by atoms with van der Waals surface area (Å²) in [5, 5.41) is 18.8. The van der Waals surface area contributed by atoms with Gasteiger partial charge in [-0.1, -0.05) is 6.92 Å². The normalized spacial score (nSPS) is 17.1. The number of hydrogen-bond donors (Lipinski definition) is 2. The first-order valence-electron chi connectivity index (χ1n) is 4.84. The van der Waals surface area contributed by atoms with Gasteiger partial charge in [-0.3, -0.25) is 0 Å². The smallest absolute Gasteiger partial charge is 0.0800 e. The van der Waals surface area contributed by atoms with Gasteiger partial charge < -0.3 is 14.9 Å². The first-order chi connectivity index (χ1) is 5.93. The van der Waals surface area contributed by atoms with Gasteiger partial charge in [0.15, 0.2) is 0 Å². The Morgan fingerprint density at radius 1 is 1.23 bits per heavy atom. The fourth-order valence-electron chi connectivity index (χ4n) is 1.06. The van der Waals surface area contributed by atoms with E-state index >= 15 is 0 Å². The van der Waals surface area contributed by atoms with Crippen LogP contribution >= 0.6 is 0 Å². The third-order valence-corrected chi connectivity index (χ3v) is 2.46. The quantitative estimate of drug-likeness (QED) is 0.664. The number of aliphatic hydroxyl groups excluding tert-OH is 2. The second kappa shape index (κ2) is 5.58. The van der Waals surface area contributed by atoms with E-state index in [0.717, 1.165) is 6.42 Å². The molecule has 0 amide bonds. The summed E-state index contributed by atoms with van der Waals surface area (Å²) in [6.45, 7) is 5.80. The van der Waals surface area contributed by atoms with Crippen molar-refractivity contribution in [3.8, 4) is 0 Å². The molecule has 0 bridgehead atoms. The molecule has 0 aromatic heterocycles. The van der Waals surface area contributed by atoms with Gasteiger partial charge in [0, 0.05) is 7.11 Å². The van der Waals surface area contributed by atoms with Gasteiger partial charge in [0.1, 0.15) is 0 Å². The third kappa shape index (κ3) is 5.24. The highest BCUT2D eigenvalue weighted by molar-refractivity contribution is 4.73. The standard InChI is InChI=1S/C10H22O3/c1-5-8(11)9(12)6-7-10(2,3)13-4/h8-9,11-12H,5-7H2,1-4H3. The molecule has 0 rings (SSSR count). The second-order valence-corrected chi connectivity index (χ2v) is 4.05. The van der Waals surface area contributed by atoms with Crippen molar-refractivity contribution < 1.29 is 14.9 Å². The fourth-order valence-corrected chi connectivity index (χ4v) is 1.06. The van der Waals surface area contributed by atoms with Crippen LogP contribution in [0.1, 0.15) is 40.0 Å². The second-order valence-electron chi connectivity index (χ2n) is 4.05. The zero-order valence-electron chi connectivity index (χ0n) is 9.08. The van der Waals surface area contributed by atoms with Crippen molar-refractivity contribution in [1.29, 1.82) is 0 Å². The molecule has 3 nitrogen and oxygen atoms in total. The molecule has 0 radical (unpaired) electrons. The topological polar surface area (TPSA) is 49.7 Å². The minimum atomic E-state index is -0.626. The summed E-state index contributed by atoms with van der Waals surface area (Å²) in [5.41, 5.74) is -0.214. The lowest BCUT2D eigenvalue weighted by atomic mass is 9.97. The van der Waals surface area contributed by atoms with Crippen molar-refractivity contribution in [3.05, 3.63) is 0 Å². The maximum absolute atomic E-state index is 9.47. The van der Waals surface area contributed by atoms with Gasteiger partial charge in [-0.05, 0) is 33.1 Å². The maximum atomic E-state index is 9.47. The van der Waals surface area contributed by atoms with E-state index in [0.29, 0.717) is 12.8 Å². The minimum absolute atomic E-state index is 0.214. The first-order valence-corrected chi connectivity index (χ1v) is 4.84. The van der Waals surface area contributed by atoms with Gasteiger partial charge in [-0.2, -0.15) is 0 Å². The monoisotopic (exact) mass is 190 g/mol. The molecular formula is C10H22O3. The molecule has 2 atom stereocenters. The fraction of sp³-hybridized carbons (Fsp3) is 1.00. The molecule has 13 heavy (non-hydrogen) atoms. The van der Waals surface area contributed by atoms with Crippen LogP contribution in [0.4, 0.5) is 0 Å². The van der Waals surface area contributed by atoms with Crippen LogP contribution in [0.3, 0.4) is 0 Å². The lowest BCUT2D eigenvalue weighted by Gasteiger charge is -2.25. The van der Waals surface area contributed by atoms with E-state index in [1.165, 1.54) is 0 Å². The van der Waals surface area contributed by atoms with Gasteiger partial charge in [0.05, 0.1) is 17.8 Å². The molecule has 0 fully saturated rings. The molecule has 2 unspecified atom stereocenters. The van der Waals surface area contributed by atoms with E-state index < -0.39 is 12.2 Å². The summed E-state index contributed by atoms with van der Waals surface area (Å²) in [5.74, 6) is 0. The van der Waals surface area contributed by atoms with E-state index in [-0.39, 0.29) is 5.60 Å². The van der Waals surface area contributed by atoms with E-state index in [1.807, 2.05) is 20.8 Å². The Hall–Kier alpha value is -0.120. The predicted octanol–water partition coefficient (Wildman–Crippen LogP) is 1.32. The number of hydrogen-bond acceptors (Lipinski definition) is 3. The Morgan fingerprint density at radius 2 is 1.77 bits per heavy atom. The van der Waals surface area contributed by atoms with Gasteiger partial charge in [-0.25, -0.2) is 0 Å². The van der Waals surface area contributed by atoms with Gasteiger partial charge in [0.25, 0.3) is 0 Å². The van der Waals surface area contributed by atoms with Gasteiger partial charge in [0.2, 0.25) is 0 Å². The Morgan fingerprint density at radius 3 is 2.15 bits per heavy atom. The third-order valence-electron chi connectivity index (χ3n) is 2.46. The zero-order valence-corrected chi connectivity index (χ0v) is 9.08. The Kier molecular flexibility index (Phi) is 5.53. The molecule has 0 aliphatic heterocycles. The highest BCUT2D eigenvalue weighted by atomic mass is 16.5. The van der Waals surface area contributed by atoms with Crippen LogP contribution < -0.4 is 0 Å². The predicted molar refractivity (Wildman–Crippen MR) is 52.6 cm³/mol. The molecule has 0 aromatic rings. The lowest BCUT2D eigenvalue weighted by molar-refractivity contribution is -0.0245. The summed E-state index contributed by atoms with van der Waals surface area (Å²) < 4.78 is 5.21. The average Bonchev–Trinajstić information content (AvgIpc) is 2.13. The molecule has 0 heterocycles. The van der Waals surface area contributed by atoms with Crippen molar-refractivity contribution in [1.82, 2.24) is 0 Å². The van der Waals surface area contributed by atoms with Crippen LogP contribution in [0.2, 0.25) is 0 Å². The first kappa shape index (κ1) is 12.9. The average molecular weight is 190 g/mol. The molecule has 0 spiro atoms. The van der Waals surface area contributed by atoms with Gasteiger partial charge in [-0.15, -0.1) is 0 Å². The van der Waals surface area contributed by atoms with Crippen LogP contribution in [0.25, 0.3) is 0 Å². The minimum Gasteiger partial charge on any atom is -0.390 e. The van der Waals surface area contributed by atoms with Crippen molar-refractivity contribution in [3.63, 3.8) is 0 Å². The molecule has 0 saturated heterocycles.